The maximum atomic E-state index is 12.7. The number of rotatable bonds is 10. The molecule has 0 saturated carbocycles. The van der Waals surface area contributed by atoms with Gasteiger partial charge in [-0.25, -0.2) is 18.1 Å². The number of ether oxygens (including phenoxy) is 1. The normalized spacial score (nSPS) is 14.4. The van der Waals surface area contributed by atoms with Crippen molar-refractivity contribution in [3.05, 3.63) is 153 Å². The molecule has 0 unspecified atom stereocenters. The standard InChI is InChI=1S/C37H28N4O7S2/c1-24-2-20-33(21-3-24)50(46,47)40-35(42)23-26-6-12-29(13-7-26)38-37-39-36(43)34(49-37)22-25-4-8-27(9-5-25)28-10-16-31(17-11-28)48-32-18-14-30(15-19-32)41(44)45/h2-22H,23H2,1H3,(H,40,42)(H,38,39,43)/b34-22+. The second-order valence-corrected chi connectivity index (χ2v) is 13.9. The minimum atomic E-state index is -3.97. The van der Waals surface area contributed by atoms with Crippen LogP contribution in [0.5, 0.6) is 11.5 Å². The van der Waals surface area contributed by atoms with E-state index in [0.29, 0.717) is 32.8 Å². The van der Waals surface area contributed by atoms with Crippen LogP contribution < -0.4 is 14.8 Å². The molecule has 13 heteroatoms. The number of aryl methyl sites for hydroxylation is 1. The highest BCUT2D eigenvalue weighted by atomic mass is 32.2. The molecule has 50 heavy (non-hydrogen) atoms. The average molecular weight is 705 g/mol. The van der Waals surface area contributed by atoms with Crippen molar-refractivity contribution in [2.24, 2.45) is 4.99 Å². The van der Waals surface area contributed by atoms with Crippen LogP contribution in [0.1, 0.15) is 16.7 Å². The Kier molecular flexibility index (Phi) is 9.88. The molecular weight excluding hydrogens is 677 g/mol. The first-order valence-electron chi connectivity index (χ1n) is 15.1. The maximum Gasteiger partial charge on any atom is 0.269 e. The van der Waals surface area contributed by atoms with Gasteiger partial charge < -0.3 is 10.1 Å². The number of nitrogens with one attached hydrogen (secondary N) is 2. The molecule has 5 aromatic rings. The van der Waals surface area contributed by atoms with Crippen molar-refractivity contribution in [2.45, 2.75) is 18.2 Å². The number of hydrogen-bond donors (Lipinski definition) is 2. The molecular formula is C37H28N4O7S2. The third-order valence-electron chi connectivity index (χ3n) is 7.44. The SMILES string of the molecule is Cc1ccc(S(=O)(=O)NC(=O)Cc2ccc(N=C3NC(=O)/C(=C\c4ccc(-c5ccc(Oc6ccc([N+](=O)[O-])cc6)cc5)cc4)S3)cc2)cc1. The fraction of sp³-hybridized carbons (Fsp3) is 0.0541. The number of benzene rings is 5. The predicted molar refractivity (Wildman–Crippen MR) is 193 cm³/mol. The quantitative estimate of drug-likeness (QED) is 0.0871. The summed E-state index contributed by atoms with van der Waals surface area (Å²) in [6.07, 6.45) is 1.64. The summed E-state index contributed by atoms with van der Waals surface area (Å²) in [4.78, 5) is 40.5. The number of thioether (sulfide) groups is 1. The maximum absolute atomic E-state index is 12.7. The Balaban J connectivity index is 1.03. The lowest BCUT2D eigenvalue weighted by molar-refractivity contribution is -0.384. The van der Waals surface area contributed by atoms with Gasteiger partial charge in [0, 0.05) is 12.1 Å². The molecule has 0 atom stereocenters. The second-order valence-electron chi connectivity index (χ2n) is 11.2. The summed E-state index contributed by atoms with van der Waals surface area (Å²) >= 11 is 1.21. The number of aliphatic imine (C=N–C) groups is 1. The van der Waals surface area contributed by atoms with Crippen molar-refractivity contribution < 1.29 is 27.7 Å². The van der Waals surface area contributed by atoms with Gasteiger partial charge in [0.1, 0.15) is 11.5 Å². The topological polar surface area (TPSA) is 157 Å². The number of hydrogen-bond acceptors (Lipinski definition) is 9. The number of sulfonamides is 1. The fourth-order valence-corrected chi connectivity index (χ4v) is 6.67. The van der Waals surface area contributed by atoms with Gasteiger partial charge in [0.2, 0.25) is 5.91 Å². The van der Waals surface area contributed by atoms with Gasteiger partial charge >= 0.3 is 0 Å². The minimum absolute atomic E-state index is 0.00613. The van der Waals surface area contributed by atoms with Crippen molar-refractivity contribution >= 4 is 56.2 Å². The second kappa shape index (κ2) is 14.6. The van der Waals surface area contributed by atoms with Gasteiger partial charge in [-0.05, 0) is 95.5 Å². The van der Waals surface area contributed by atoms with Crippen molar-refractivity contribution in [3.63, 3.8) is 0 Å². The minimum Gasteiger partial charge on any atom is -0.457 e. The number of nitro benzene ring substituents is 1. The molecule has 250 valence electrons. The van der Waals surface area contributed by atoms with Crippen molar-refractivity contribution in [1.29, 1.82) is 0 Å². The molecule has 5 aromatic carbocycles. The number of amides is 2. The number of non-ortho nitro benzene ring substituents is 1. The summed E-state index contributed by atoms with van der Waals surface area (Å²) in [5.74, 6) is 0.157. The van der Waals surface area contributed by atoms with Crippen LogP contribution in [0.15, 0.2) is 136 Å². The van der Waals surface area contributed by atoms with Crippen LogP contribution in [-0.2, 0) is 26.0 Å². The van der Waals surface area contributed by atoms with Crippen LogP contribution in [0.2, 0.25) is 0 Å². The Hall–Kier alpha value is -6.05. The Morgan fingerprint density at radius 2 is 1.44 bits per heavy atom. The monoisotopic (exact) mass is 704 g/mol. The Morgan fingerprint density at radius 1 is 0.860 bits per heavy atom. The summed E-state index contributed by atoms with van der Waals surface area (Å²) in [5.41, 5.74) is 4.81. The van der Waals surface area contributed by atoms with Gasteiger partial charge in [0.25, 0.3) is 21.6 Å². The molecule has 0 radical (unpaired) electrons. The fourth-order valence-electron chi connectivity index (χ4n) is 4.84. The first-order valence-corrected chi connectivity index (χ1v) is 17.4. The zero-order valence-electron chi connectivity index (χ0n) is 26.4. The van der Waals surface area contributed by atoms with Crippen molar-refractivity contribution in [2.75, 3.05) is 0 Å². The molecule has 1 aliphatic rings. The van der Waals surface area contributed by atoms with E-state index in [1.165, 1.54) is 36.0 Å². The highest BCUT2D eigenvalue weighted by Gasteiger charge is 2.24. The number of nitrogens with zero attached hydrogens (tertiary/aromatic N) is 2. The van der Waals surface area contributed by atoms with Crippen molar-refractivity contribution in [3.8, 4) is 22.6 Å². The third-order valence-corrected chi connectivity index (χ3v) is 9.74. The van der Waals surface area contributed by atoms with E-state index in [4.69, 9.17) is 4.74 Å². The molecule has 1 heterocycles. The van der Waals surface area contributed by atoms with Gasteiger partial charge in [0.15, 0.2) is 5.17 Å². The predicted octanol–water partition coefficient (Wildman–Crippen LogP) is 7.30. The van der Waals surface area contributed by atoms with Gasteiger partial charge in [-0.3, -0.25) is 19.7 Å². The first-order chi connectivity index (χ1) is 24.0. The number of amidine groups is 1. The lowest BCUT2D eigenvalue weighted by Gasteiger charge is -2.07. The highest BCUT2D eigenvalue weighted by Crippen LogP contribution is 2.30. The van der Waals surface area contributed by atoms with Crippen LogP contribution in [0.4, 0.5) is 11.4 Å². The molecule has 2 N–H and O–H groups in total. The first kappa shape index (κ1) is 33.8. The largest absolute Gasteiger partial charge is 0.457 e. The molecule has 6 rings (SSSR count). The zero-order valence-corrected chi connectivity index (χ0v) is 28.0. The molecule has 0 aliphatic carbocycles. The van der Waals surface area contributed by atoms with Crippen LogP contribution in [-0.4, -0.2) is 30.3 Å². The molecule has 0 spiro atoms. The van der Waals surface area contributed by atoms with E-state index in [-0.39, 0.29) is 22.9 Å². The number of carbonyl (C=O) groups is 2. The van der Waals surface area contributed by atoms with E-state index in [9.17, 15) is 28.1 Å². The summed E-state index contributed by atoms with van der Waals surface area (Å²) < 4.78 is 32.9. The van der Waals surface area contributed by atoms with Gasteiger partial charge in [-0.1, -0.05) is 66.2 Å². The molecule has 0 aromatic heterocycles. The number of carbonyl (C=O) groups excluding carboxylic acids is 2. The van der Waals surface area contributed by atoms with E-state index in [2.05, 4.69) is 15.0 Å². The van der Waals surface area contributed by atoms with E-state index >= 15 is 0 Å². The average Bonchev–Trinajstić information content (AvgIpc) is 3.44. The Morgan fingerprint density at radius 3 is 2.04 bits per heavy atom. The van der Waals surface area contributed by atoms with Crippen LogP contribution in [0.3, 0.4) is 0 Å². The lowest BCUT2D eigenvalue weighted by Crippen LogP contribution is -2.31. The smallest absolute Gasteiger partial charge is 0.269 e. The number of nitro groups is 1. The molecule has 1 fully saturated rings. The van der Waals surface area contributed by atoms with Gasteiger partial charge in [-0.2, -0.15) is 0 Å². The molecule has 2 amide bonds. The summed E-state index contributed by atoms with van der Waals surface area (Å²) in [7, 11) is -3.97. The van der Waals surface area contributed by atoms with Gasteiger partial charge in [-0.15, -0.1) is 0 Å². The van der Waals surface area contributed by atoms with E-state index in [1.807, 2.05) is 55.5 Å². The van der Waals surface area contributed by atoms with Gasteiger partial charge in [0.05, 0.1) is 26.8 Å². The third kappa shape index (κ3) is 8.50. The van der Waals surface area contributed by atoms with E-state index in [1.54, 1.807) is 54.6 Å². The summed E-state index contributed by atoms with van der Waals surface area (Å²) in [5, 5.41) is 14.0. The zero-order chi connectivity index (χ0) is 35.3. The van der Waals surface area contributed by atoms with Crippen LogP contribution in [0.25, 0.3) is 17.2 Å². The van der Waals surface area contributed by atoms with Crippen LogP contribution in [0, 0.1) is 17.0 Å². The van der Waals surface area contributed by atoms with E-state index < -0.39 is 20.9 Å². The van der Waals surface area contributed by atoms with Crippen molar-refractivity contribution in [1.82, 2.24) is 10.0 Å². The van der Waals surface area contributed by atoms with E-state index in [0.717, 1.165) is 22.3 Å². The molecule has 0 bridgehead atoms. The summed E-state index contributed by atoms with van der Waals surface area (Å²) in [6, 6.07) is 34.0. The molecule has 1 saturated heterocycles. The highest BCUT2D eigenvalue weighted by molar-refractivity contribution is 8.18. The Labute approximate surface area is 291 Å². The lowest BCUT2D eigenvalue weighted by atomic mass is 10.0. The molecule has 1 aliphatic heterocycles. The van der Waals surface area contributed by atoms with Crippen LogP contribution >= 0.6 is 11.8 Å². The molecule has 11 nitrogen and oxygen atoms in total. The Bertz CT molecular complexity index is 2230. The summed E-state index contributed by atoms with van der Waals surface area (Å²) in [6.45, 7) is 1.84.